The first-order valence-electron chi connectivity index (χ1n) is 16.1. The number of alkyl carbamates (subject to hydrolysis) is 1. The van der Waals surface area contributed by atoms with E-state index in [1.54, 1.807) is 57.2 Å². The number of aromatic nitrogens is 3. The van der Waals surface area contributed by atoms with Crippen molar-refractivity contribution in [3.05, 3.63) is 59.7 Å². The van der Waals surface area contributed by atoms with Crippen molar-refractivity contribution in [2.75, 3.05) is 56.0 Å². The summed E-state index contributed by atoms with van der Waals surface area (Å²) in [4.78, 5) is 37.1. The average Bonchev–Trinajstić information content (AvgIpc) is 3.04. The van der Waals surface area contributed by atoms with Gasteiger partial charge in [-0.15, -0.1) is 11.6 Å². The molecule has 3 aromatic rings. The molecule has 0 saturated carbocycles. The van der Waals surface area contributed by atoms with Gasteiger partial charge in [-0.25, -0.2) is 4.79 Å². The Kier molecular flexibility index (Phi) is 12.8. The highest BCUT2D eigenvalue weighted by Crippen LogP contribution is 2.30. The molecule has 51 heavy (non-hydrogen) atoms. The van der Waals surface area contributed by atoms with Crippen molar-refractivity contribution < 1.29 is 41.7 Å². The van der Waals surface area contributed by atoms with Crippen LogP contribution in [0.15, 0.2) is 48.5 Å². The van der Waals surface area contributed by atoms with Gasteiger partial charge in [-0.3, -0.25) is 4.79 Å². The van der Waals surface area contributed by atoms with Crippen LogP contribution in [-0.2, 0) is 16.0 Å². The van der Waals surface area contributed by atoms with Gasteiger partial charge in [0.1, 0.15) is 11.4 Å². The fraction of sp³-hybridized carbons (Fsp3) is 0.500. The number of carbonyl (C=O) groups is 2. The lowest BCUT2D eigenvalue weighted by atomic mass is 9.90. The maximum Gasteiger partial charge on any atom is 0.422 e. The molecule has 0 atom stereocenters. The van der Waals surface area contributed by atoms with Crippen molar-refractivity contribution in [2.45, 2.75) is 52.9 Å². The molecule has 4 N–H and O–H groups in total. The highest BCUT2D eigenvalue weighted by molar-refractivity contribution is 6.18. The van der Waals surface area contributed by atoms with E-state index in [9.17, 15) is 22.8 Å². The predicted octanol–water partition coefficient (Wildman–Crippen LogP) is 6.08. The fourth-order valence-electron chi connectivity index (χ4n) is 4.36. The van der Waals surface area contributed by atoms with Gasteiger partial charge in [-0.1, -0.05) is 26.0 Å². The summed E-state index contributed by atoms with van der Waals surface area (Å²) in [6.07, 6.45) is -5.15. The number of nitrogens with zero attached hydrogens (tertiary/aromatic N) is 3. The highest BCUT2D eigenvalue weighted by atomic mass is 35.5. The summed E-state index contributed by atoms with van der Waals surface area (Å²) in [6, 6.07) is 13.0. The molecule has 2 aromatic carbocycles. The van der Waals surface area contributed by atoms with Crippen LogP contribution >= 0.6 is 11.6 Å². The zero-order valence-corrected chi connectivity index (χ0v) is 29.8. The first kappa shape index (κ1) is 39.2. The molecule has 1 aromatic heterocycles. The number of hydrogen-bond donors (Lipinski definition) is 4. The second kappa shape index (κ2) is 16.6. The molecule has 1 aliphatic rings. The fourth-order valence-corrected chi connectivity index (χ4v) is 4.59. The zero-order chi connectivity index (χ0) is 37.3. The van der Waals surface area contributed by atoms with E-state index in [0.717, 1.165) is 5.56 Å². The molecule has 1 fully saturated rings. The van der Waals surface area contributed by atoms with Crippen LogP contribution in [0.5, 0.6) is 11.8 Å². The van der Waals surface area contributed by atoms with E-state index in [4.69, 9.17) is 30.5 Å². The Morgan fingerprint density at radius 3 is 2.12 bits per heavy atom. The summed E-state index contributed by atoms with van der Waals surface area (Å²) in [7, 11) is 0. The summed E-state index contributed by atoms with van der Waals surface area (Å²) in [5.74, 6) is 0.641. The van der Waals surface area contributed by atoms with Gasteiger partial charge in [-0.2, -0.15) is 28.1 Å². The normalized spacial score (nSPS) is 14.1. The number of halogens is 4. The molecule has 2 amide bonds. The minimum absolute atomic E-state index is 0.0289. The smallest absolute Gasteiger partial charge is 0.422 e. The van der Waals surface area contributed by atoms with Crippen molar-refractivity contribution >= 4 is 41.2 Å². The number of benzene rings is 2. The van der Waals surface area contributed by atoms with Crippen molar-refractivity contribution in [1.82, 2.24) is 25.6 Å². The Labute approximate surface area is 299 Å². The summed E-state index contributed by atoms with van der Waals surface area (Å²) in [5, 5.41) is 11.5. The van der Waals surface area contributed by atoms with Gasteiger partial charge in [0.15, 0.2) is 6.61 Å². The monoisotopic (exact) mass is 737 g/mol. The van der Waals surface area contributed by atoms with E-state index in [-0.39, 0.29) is 42.9 Å². The van der Waals surface area contributed by atoms with Crippen LogP contribution in [0.25, 0.3) is 0 Å². The van der Waals surface area contributed by atoms with Gasteiger partial charge < -0.3 is 40.2 Å². The first-order valence-corrected chi connectivity index (χ1v) is 16.6. The van der Waals surface area contributed by atoms with Gasteiger partial charge in [-0.05, 0) is 68.1 Å². The Morgan fingerprint density at radius 1 is 0.882 bits per heavy atom. The third-order valence-corrected chi connectivity index (χ3v) is 7.81. The topological polar surface area (TPSA) is 158 Å². The van der Waals surface area contributed by atoms with Crippen molar-refractivity contribution in [2.24, 2.45) is 10.8 Å². The van der Waals surface area contributed by atoms with Gasteiger partial charge in [0.2, 0.25) is 11.9 Å². The summed E-state index contributed by atoms with van der Waals surface area (Å²) in [5.41, 5.74) is 0.354. The minimum Gasteiger partial charge on any atom is -0.493 e. The average molecular weight is 738 g/mol. The largest absolute Gasteiger partial charge is 0.493 e. The maximum absolute atomic E-state index is 12.9. The second-order valence-corrected chi connectivity index (χ2v) is 14.3. The lowest BCUT2D eigenvalue weighted by molar-refractivity contribution is -0.154. The number of anilines is 3. The molecule has 0 unspecified atom stereocenters. The van der Waals surface area contributed by atoms with Crippen LogP contribution in [0.1, 0.15) is 50.5 Å². The Hall–Kier alpha value is -4.57. The van der Waals surface area contributed by atoms with Crippen LogP contribution in [0, 0.1) is 10.8 Å². The van der Waals surface area contributed by atoms with Crippen molar-refractivity contribution in [3.8, 4) is 11.8 Å². The van der Waals surface area contributed by atoms with Crippen molar-refractivity contribution in [1.29, 1.82) is 0 Å². The number of ether oxygens (including phenoxy) is 4. The summed E-state index contributed by atoms with van der Waals surface area (Å²) >= 11 is 6.05. The number of carbonyl (C=O) groups excluding carboxylic acids is 2. The molecule has 17 heteroatoms. The van der Waals surface area contributed by atoms with Crippen LogP contribution < -0.4 is 30.7 Å². The van der Waals surface area contributed by atoms with Crippen LogP contribution in [0.4, 0.5) is 35.5 Å². The lowest BCUT2D eigenvalue weighted by Gasteiger charge is -2.39. The molecule has 0 aliphatic carbocycles. The lowest BCUT2D eigenvalue weighted by Crippen LogP contribution is -2.48. The molecule has 1 aliphatic heterocycles. The summed E-state index contributed by atoms with van der Waals surface area (Å²) < 4.78 is 59.9. The van der Waals surface area contributed by atoms with E-state index in [2.05, 4.69) is 36.2 Å². The van der Waals surface area contributed by atoms with Crippen LogP contribution in [0.2, 0.25) is 0 Å². The molecule has 278 valence electrons. The maximum atomic E-state index is 12.9. The SMILES string of the molecule is CC(C)(CNC(=O)OC(C)(C)C)CNC(=O)c1ccc(Nc2nc(NCc3ccc(OCC4(CCl)COC4)cc3)nc(OCC(F)(F)F)n2)cc1. The van der Waals surface area contributed by atoms with E-state index >= 15 is 0 Å². The molecular weight excluding hydrogens is 695 g/mol. The van der Waals surface area contributed by atoms with E-state index in [0.29, 0.717) is 42.7 Å². The number of amides is 2. The molecule has 13 nitrogen and oxygen atoms in total. The molecule has 1 saturated heterocycles. The Morgan fingerprint density at radius 2 is 1.53 bits per heavy atom. The first-order chi connectivity index (χ1) is 23.9. The van der Waals surface area contributed by atoms with Gasteiger partial charge in [0, 0.05) is 36.8 Å². The molecular formula is C34H43ClF3N7O6. The van der Waals surface area contributed by atoms with Crippen LogP contribution in [0.3, 0.4) is 0 Å². The van der Waals surface area contributed by atoms with Gasteiger partial charge in [0.05, 0.1) is 25.2 Å². The number of alkyl halides is 4. The van der Waals surface area contributed by atoms with E-state index < -0.39 is 35.9 Å². The van der Waals surface area contributed by atoms with Gasteiger partial charge in [0.25, 0.3) is 5.91 Å². The molecule has 0 radical (unpaired) electrons. The molecule has 4 rings (SSSR count). The van der Waals surface area contributed by atoms with Crippen LogP contribution in [-0.4, -0.2) is 84.1 Å². The minimum atomic E-state index is -4.60. The third kappa shape index (κ3) is 13.2. The number of nitrogens with one attached hydrogen (secondary N) is 4. The number of hydrogen-bond acceptors (Lipinski definition) is 11. The standard InChI is InChI=1S/C34H43ClF3N7O6/c1-31(2,3)51-30(47)41-17-32(4,5)16-40-26(46)23-8-10-24(11-9-23)42-28-43-27(44-29(45-28)50-21-34(36,37)38)39-14-22-6-12-25(13-7-22)49-20-33(15-35)18-48-19-33/h6-13H,14-21H2,1-5H3,(H,40,46)(H,41,47)(H2,39,42,43,44,45). The molecule has 2 heterocycles. The van der Waals surface area contributed by atoms with Crippen molar-refractivity contribution in [3.63, 3.8) is 0 Å². The summed E-state index contributed by atoms with van der Waals surface area (Å²) in [6.45, 7) is 9.81. The van der Waals surface area contributed by atoms with E-state index in [1.807, 2.05) is 26.0 Å². The quantitative estimate of drug-likeness (QED) is 0.126. The molecule has 0 spiro atoms. The Balaban J connectivity index is 1.34. The van der Waals surface area contributed by atoms with E-state index in [1.165, 1.54) is 0 Å². The zero-order valence-electron chi connectivity index (χ0n) is 29.1. The predicted molar refractivity (Wildman–Crippen MR) is 185 cm³/mol. The highest BCUT2D eigenvalue weighted by Gasteiger charge is 2.39. The third-order valence-electron chi connectivity index (χ3n) is 7.24. The number of rotatable bonds is 16. The second-order valence-electron chi connectivity index (χ2n) is 14.0. The Bertz CT molecular complexity index is 1610. The van der Waals surface area contributed by atoms with Gasteiger partial charge >= 0.3 is 18.3 Å². The molecule has 0 bridgehead atoms.